The molecule has 0 saturated carbocycles. The van der Waals surface area contributed by atoms with Crippen LogP contribution in [-0.2, 0) is 4.79 Å². The predicted molar refractivity (Wildman–Crippen MR) is 68.0 cm³/mol. The number of carbonyl (C=O) groups is 2. The first-order chi connectivity index (χ1) is 8.99. The zero-order chi connectivity index (χ0) is 14.3. The molecule has 1 rings (SSSR count). The number of nitrogens with zero attached hydrogens (tertiary/aromatic N) is 2. The number of aromatic nitrogens is 2. The van der Waals surface area contributed by atoms with Gasteiger partial charge < -0.3 is 15.7 Å². The van der Waals surface area contributed by atoms with Crippen LogP contribution in [0.3, 0.4) is 0 Å². The molecule has 1 atom stereocenters. The van der Waals surface area contributed by atoms with Gasteiger partial charge in [0, 0.05) is 12.4 Å². The van der Waals surface area contributed by atoms with Gasteiger partial charge in [-0.05, 0) is 12.3 Å². The van der Waals surface area contributed by atoms with Crippen molar-refractivity contribution in [3.8, 4) is 0 Å². The van der Waals surface area contributed by atoms with E-state index in [2.05, 4.69) is 20.6 Å². The summed E-state index contributed by atoms with van der Waals surface area (Å²) in [5.41, 5.74) is 0.137. The van der Waals surface area contributed by atoms with E-state index in [0.717, 1.165) is 0 Å². The van der Waals surface area contributed by atoms with Gasteiger partial charge in [0.15, 0.2) is 0 Å². The fourth-order valence-electron chi connectivity index (χ4n) is 1.41. The highest BCUT2D eigenvalue weighted by atomic mass is 16.3. The van der Waals surface area contributed by atoms with E-state index in [1.54, 1.807) is 0 Å². The van der Waals surface area contributed by atoms with E-state index in [1.807, 2.05) is 13.8 Å². The molecule has 0 aliphatic rings. The predicted octanol–water partition coefficient (Wildman–Crippen LogP) is -0.313. The van der Waals surface area contributed by atoms with Gasteiger partial charge >= 0.3 is 0 Å². The van der Waals surface area contributed by atoms with Crippen LogP contribution in [0.1, 0.15) is 30.8 Å². The van der Waals surface area contributed by atoms with E-state index in [4.69, 9.17) is 0 Å². The minimum atomic E-state index is -0.902. The molecule has 0 spiro atoms. The van der Waals surface area contributed by atoms with Crippen LogP contribution < -0.4 is 10.6 Å². The molecule has 0 saturated heterocycles. The molecule has 3 N–H and O–H groups in total. The van der Waals surface area contributed by atoms with Crippen molar-refractivity contribution >= 4 is 11.8 Å². The summed E-state index contributed by atoms with van der Waals surface area (Å²) in [7, 11) is 0. The van der Waals surface area contributed by atoms with Gasteiger partial charge in [-0.15, -0.1) is 0 Å². The molecular formula is C12H18N4O3. The van der Waals surface area contributed by atoms with Crippen molar-refractivity contribution in [3.05, 3.63) is 24.3 Å². The third-order valence-corrected chi connectivity index (χ3v) is 2.23. The number of aliphatic hydroxyl groups is 1. The van der Waals surface area contributed by atoms with E-state index in [9.17, 15) is 14.7 Å². The largest absolute Gasteiger partial charge is 0.374 e. The van der Waals surface area contributed by atoms with Crippen LogP contribution in [-0.4, -0.2) is 39.7 Å². The maximum Gasteiger partial charge on any atom is 0.271 e. The Hall–Kier alpha value is -2.02. The monoisotopic (exact) mass is 266 g/mol. The number of carbonyl (C=O) groups excluding carboxylic acids is 2. The van der Waals surface area contributed by atoms with Gasteiger partial charge in [-0.25, -0.2) is 4.98 Å². The first-order valence-electron chi connectivity index (χ1n) is 6.00. The minimum absolute atomic E-state index is 0.137. The van der Waals surface area contributed by atoms with Crippen molar-refractivity contribution < 1.29 is 14.7 Å². The van der Waals surface area contributed by atoms with Crippen LogP contribution in [0.4, 0.5) is 0 Å². The molecule has 0 aliphatic carbocycles. The molecule has 0 bridgehead atoms. The summed E-state index contributed by atoms with van der Waals surface area (Å²) in [5.74, 6) is -0.670. The number of nitrogens with one attached hydrogen (secondary N) is 2. The van der Waals surface area contributed by atoms with Crippen molar-refractivity contribution in [2.45, 2.75) is 26.5 Å². The number of amides is 2. The minimum Gasteiger partial charge on any atom is -0.374 e. The van der Waals surface area contributed by atoms with E-state index < -0.39 is 18.0 Å². The molecule has 0 aliphatic heterocycles. The van der Waals surface area contributed by atoms with Crippen LogP contribution in [0.2, 0.25) is 0 Å². The van der Waals surface area contributed by atoms with E-state index in [-0.39, 0.29) is 18.2 Å². The molecule has 0 unspecified atom stereocenters. The third-order valence-electron chi connectivity index (χ3n) is 2.23. The Balaban J connectivity index is 2.32. The molecule has 2 amide bonds. The lowest BCUT2D eigenvalue weighted by atomic mass is 10.1. The van der Waals surface area contributed by atoms with Gasteiger partial charge in [-0.3, -0.25) is 14.6 Å². The third kappa shape index (κ3) is 5.91. The first kappa shape index (κ1) is 15.0. The fraction of sp³-hybridized carbons (Fsp3) is 0.500. The maximum atomic E-state index is 11.6. The maximum absolute atomic E-state index is 11.6. The molecule has 0 aromatic carbocycles. The Bertz CT molecular complexity index is 422. The highest BCUT2D eigenvalue weighted by Gasteiger charge is 2.12. The molecule has 0 radical (unpaired) electrons. The molecule has 1 aromatic heterocycles. The molecule has 1 heterocycles. The second kappa shape index (κ2) is 7.42. The summed E-state index contributed by atoms with van der Waals surface area (Å²) >= 11 is 0. The van der Waals surface area contributed by atoms with Gasteiger partial charge in [0.25, 0.3) is 5.91 Å². The molecule has 104 valence electrons. The van der Waals surface area contributed by atoms with Crippen LogP contribution in [0, 0.1) is 5.92 Å². The van der Waals surface area contributed by atoms with Crippen molar-refractivity contribution in [2.75, 3.05) is 6.54 Å². The SMILES string of the molecule is CC(C)C[C@@H](O)NC(=O)CNC(=O)c1cnccn1. The van der Waals surface area contributed by atoms with Crippen molar-refractivity contribution in [3.63, 3.8) is 0 Å². The second-order valence-corrected chi connectivity index (χ2v) is 4.49. The zero-order valence-electron chi connectivity index (χ0n) is 11.0. The molecule has 0 fully saturated rings. The quantitative estimate of drug-likeness (QED) is 0.612. The lowest BCUT2D eigenvalue weighted by molar-refractivity contribution is -0.123. The van der Waals surface area contributed by atoms with Gasteiger partial charge in [0.05, 0.1) is 12.7 Å². The Labute approximate surface area is 111 Å². The summed E-state index contributed by atoms with van der Waals surface area (Å²) in [6.07, 6.45) is 3.71. The van der Waals surface area contributed by atoms with E-state index in [1.165, 1.54) is 18.6 Å². The smallest absolute Gasteiger partial charge is 0.271 e. The Kier molecular flexibility index (Phi) is 5.87. The second-order valence-electron chi connectivity index (χ2n) is 4.49. The number of aliphatic hydroxyl groups excluding tert-OH is 1. The van der Waals surface area contributed by atoms with Crippen LogP contribution >= 0.6 is 0 Å². The van der Waals surface area contributed by atoms with Crippen LogP contribution in [0.15, 0.2) is 18.6 Å². The van der Waals surface area contributed by atoms with E-state index >= 15 is 0 Å². The molecule has 7 heteroatoms. The highest BCUT2D eigenvalue weighted by Crippen LogP contribution is 2.01. The standard InChI is InChI=1S/C12H18N4O3/c1-8(2)5-10(17)16-11(18)7-15-12(19)9-6-13-3-4-14-9/h3-4,6,8,10,17H,5,7H2,1-2H3,(H,15,19)(H,16,18)/t10-/m1/s1. The van der Waals surface area contributed by atoms with Gasteiger partial charge in [0.2, 0.25) is 5.91 Å². The van der Waals surface area contributed by atoms with Gasteiger partial charge in [0.1, 0.15) is 11.9 Å². The summed E-state index contributed by atoms with van der Waals surface area (Å²) in [6.45, 7) is 3.65. The Morgan fingerprint density at radius 2 is 2.11 bits per heavy atom. The van der Waals surface area contributed by atoms with Crippen LogP contribution in [0.25, 0.3) is 0 Å². The van der Waals surface area contributed by atoms with Crippen molar-refractivity contribution in [1.82, 2.24) is 20.6 Å². The summed E-state index contributed by atoms with van der Waals surface area (Å²) in [4.78, 5) is 30.6. The molecule has 1 aromatic rings. The summed E-state index contributed by atoms with van der Waals surface area (Å²) in [5, 5.41) is 14.3. The molecular weight excluding hydrogens is 248 g/mol. The van der Waals surface area contributed by atoms with Gasteiger partial charge in [-0.1, -0.05) is 13.8 Å². The molecule has 7 nitrogen and oxygen atoms in total. The Morgan fingerprint density at radius 1 is 1.37 bits per heavy atom. The van der Waals surface area contributed by atoms with Gasteiger partial charge in [-0.2, -0.15) is 0 Å². The Morgan fingerprint density at radius 3 is 2.68 bits per heavy atom. The highest BCUT2D eigenvalue weighted by molar-refractivity contribution is 5.94. The normalized spacial score (nSPS) is 12.0. The van der Waals surface area contributed by atoms with Crippen molar-refractivity contribution in [2.24, 2.45) is 5.92 Å². The van der Waals surface area contributed by atoms with E-state index in [0.29, 0.717) is 6.42 Å². The summed E-state index contributed by atoms with van der Waals surface area (Å²) < 4.78 is 0. The first-order valence-corrected chi connectivity index (χ1v) is 6.00. The number of rotatable bonds is 6. The summed E-state index contributed by atoms with van der Waals surface area (Å²) in [6, 6.07) is 0. The van der Waals surface area contributed by atoms with Crippen LogP contribution in [0.5, 0.6) is 0 Å². The topological polar surface area (TPSA) is 104 Å². The average Bonchev–Trinajstić information content (AvgIpc) is 2.36. The lowest BCUT2D eigenvalue weighted by Gasteiger charge is -2.14. The average molecular weight is 266 g/mol. The zero-order valence-corrected chi connectivity index (χ0v) is 11.0. The fourth-order valence-corrected chi connectivity index (χ4v) is 1.41. The lowest BCUT2D eigenvalue weighted by Crippen LogP contribution is -2.42. The van der Waals surface area contributed by atoms with Crippen molar-refractivity contribution in [1.29, 1.82) is 0 Å². The number of hydrogen-bond acceptors (Lipinski definition) is 5. The molecule has 19 heavy (non-hydrogen) atoms. The number of hydrogen-bond donors (Lipinski definition) is 3.